The first-order valence-corrected chi connectivity index (χ1v) is 10.1. The molecule has 2 N–H and O–H groups in total. The molecule has 1 atom stereocenters. The van der Waals surface area contributed by atoms with Crippen molar-refractivity contribution in [2.75, 3.05) is 31.1 Å². The molecule has 1 aliphatic rings. The number of halogens is 1. The van der Waals surface area contributed by atoms with Gasteiger partial charge in [-0.3, -0.25) is 9.89 Å². The lowest BCUT2D eigenvalue weighted by atomic mass is 10.2. The number of hydrogen-bond donors (Lipinski definition) is 2. The van der Waals surface area contributed by atoms with Crippen LogP contribution in [0.5, 0.6) is 0 Å². The van der Waals surface area contributed by atoms with Gasteiger partial charge in [0.25, 0.3) is 0 Å². The standard InChI is InChI=1S/C17H36N4S.HI/c1-6-18-17(20-16-9-7-12-22-13-16)19-10-8-11-21(14(2)3)15(4)5;/h14-16H,6-13H2,1-5H3,(H2,18,19,20);1H. The van der Waals surface area contributed by atoms with E-state index in [9.17, 15) is 0 Å². The first-order valence-electron chi connectivity index (χ1n) is 8.93. The van der Waals surface area contributed by atoms with Crippen molar-refractivity contribution < 1.29 is 0 Å². The Bertz CT molecular complexity index is 310. The fraction of sp³-hybridized carbons (Fsp3) is 0.941. The van der Waals surface area contributed by atoms with Crippen LogP contribution in [0.1, 0.15) is 53.9 Å². The van der Waals surface area contributed by atoms with Crippen molar-refractivity contribution >= 4 is 41.7 Å². The van der Waals surface area contributed by atoms with Gasteiger partial charge in [-0.2, -0.15) is 11.8 Å². The smallest absolute Gasteiger partial charge is 0.191 e. The van der Waals surface area contributed by atoms with Crippen molar-refractivity contribution in [2.45, 2.75) is 72.0 Å². The quantitative estimate of drug-likeness (QED) is 0.254. The molecule has 0 bridgehead atoms. The van der Waals surface area contributed by atoms with Gasteiger partial charge in [0.15, 0.2) is 5.96 Å². The van der Waals surface area contributed by atoms with Crippen LogP contribution in [0, 0.1) is 0 Å². The van der Waals surface area contributed by atoms with E-state index in [1.165, 1.54) is 24.3 Å². The van der Waals surface area contributed by atoms with E-state index < -0.39 is 0 Å². The maximum absolute atomic E-state index is 4.76. The van der Waals surface area contributed by atoms with E-state index >= 15 is 0 Å². The molecule has 138 valence electrons. The molecule has 0 saturated carbocycles. The zero-order valence-electron chi connectivity index (χ0n) is 15.6. The number of guanidine groups is 1. The topological polar surface area (TPSA) is 39.7 Å². The number of aliphatic imine (C=N–C) groups is 1. The Morgan fingerprint density at radius 2 is 1.96 bits per heavy atom. The van der Waals surface area contributed by atoms with Crippen LogP contribution in [0.2, 0.25) is 0 Å². The molecule has 4 nitrogen and oxygen atoms in total. The molecule has 1 aliphatic heterocycles. The lowest BCUT2D eigenvalue weighted by molar-refractivity contribution is 0.174. The van der Waals surface area contributed by atoms with Crippen LogP contribution in [0.3, 0.4) is 0 Å². The number of thioether (sulfide) groups is 1. The van der Waals surface area contributed by atoms with Gasteiger partial charge in [0, 0.05) is 43.5 Å². The lowest BCUT2D eigenvalue weighted by Gasteiger charge is -2.30. The van der Waals surface area contributed by atoms with Crippen molar-refractivity contribution in [3.05, 3.63) is 0 Å². The Kier molecular flexibility index (Phi) is 13.8. The van der Waals surface area contributed by atoms with Gasteiger partial charge >= 0.3 is 0 Å². The molecule has 6 heteroatoms. The molecule has 1 saturated heterocycles. The number of hydrogen-bond acceptors (Lipinski definition) is 3. The molecule has 0 aromatic heterocycles. The van der Waals surface area contributed by atoms with E-state index in [4.69, 9.17) is 4.99 Å². The van der Waals surface area contributed by atoms with Crippen LogP contribution in [0.15, 0.2) is 4.99 Å². The predicted octanol–water partition coefficient (Wildman–Crippen LogP) is 3.56. The Morgan fingerprint density at radius 1 is 1.26 bits per heavy atom. The van der Waals surface area contributed by atoms with Crippen LogP contribution in [0.4, 0.5) is 0 Å². The highest BCUT2D eigenvalue weighted by molar-refractivity contribution is 14.0. The minimum atomic E-state index is 0. The van der Waals surface area contributed by atoms with E-state index in [1.807, 2.05) is 11.8 Å². The molecule has 1 unspecified atom stereocenters. The molecule has 0 spiro atoms. The summed E-state index contributed by atoms with van der Waals surface area (Å²) in [5.41, 5.74) is 0. The van der Waals surface area contributed by atoms with Gasteiger partial charge in [-0.15, -0.1) is 24.0 Å². The Hall–Kier alpha value is 0.310. The average Bonchev–Trinajstić information content (AvgIpc) is 2.47. The van der Waals surface area contributed by atoms with Crippen LogP contribution < -0.4 is 10.6 Å². The second-order valence-corrected chi connectivity index (χ2v) is 7.75. The molecule has 1 rings (SSSR count). The van der Waals surface area contributed by atoms with Gasteiger partial charge < -0.3 is 10.6 Å². The van der Waals surface area contributed by atoms with E-state index in [0.717, 1.165) is 32.0 Å². The molecular weight excluding hydrogens is 419 g/mol. The fourth-order valence-corrected chi connectivity index (χ4v) is 4.00. The highest BCUT2D eigenvalue weighted by Gasteiger charge is 2.15. The summed E-state index contributed by atoms with van der Waals surface area (Å²) in [5, 5.41) is 6.97. The van der Waals surface area contributed by atoms with Gasteiger partial charge in [-0.05, 0) is 59.6 Å². The van der Waals surface area contributed by atoms with Crippen molar-refractivity contribution in [2.24, 2.45) is 4.99 Å². The van der Waals surface area contributed by atoms with Gasteiger partial charge in [0.2, 0.25) is 0 Å². The van der Waals surface area contributed by atoms with Crippen molar-refractivity contribution in [1.29, 1.82) is 0 Å². The van der Waals surface area contributed by atoms with Gasteiger partial charge in [0.1, 0.15) is 0 Å². The van der Waals surface area contributed by atoms with Crippen LogP contribution in [-0.2, 0) is 0 Å². The molecule has 0 amide bonds. The van der Waals surface area contributed by atoms with Crippen LogP contribution in [-0.4, -0.2) is 60.1 Å². The monoisotopic (exact) mass is 456 g/mol. The number of nitrogens with one attached hydrogen (secondary N) is 2. The van der Waals surface area contributed by atoms with Crippen LogP contribution in [0.25, 0.3) is 0 Å². The lowest BCUT2D eigenvalue weighted by Crippen LogP contribution is -2.45. The summed E-state index contributed by atoms with van der Waals surface area (Å²) in [6.07, 6.45) is 3.71. The van der Waals surface area contributed by atoms with Gasteiger partial charge in [0.05, 0.1) is 0 Å². The summed E-state index contributed by atoms with van der Waals surface area (Å²) < 4.78 is 0. The van der Waals surface area contributed by atoms with E-state index in [1.54, 1.807) is 0 Å². The molecule has 0 radical (unpaired) electrons. The van der Waals surface area contributed by atoms with Gasteiger partial charge in [-0.1, -0.05) is 0 Å². The third kappa shape index (κ3) is 10.0. The number of nitrogens with zero attached hydrogens (tertiary/aromatic N) is 2. The summed E-state index contributed by atoms with van der Waals surface area (Å²) in [5.74, 6) is 3.51. The van der Waals surface area contributed by atoms with Crippen LogP contribution >= 0.6 is 35.7 Å². The maximum atomic E-state index is 4.76. The third-order valence-electron chi connectivity index (χ3n) is 4.02. The molecule has 23 heavy (non-hydrogen) atoms. The molecular formula is C17H37IN4S. The molecule has 0 aliphatic carbocycles. The molecule has 1 heterocycles. The van der Waals surface area contributed by atoms with Crippen molar-refractivity contribution in [1.82, 2.24) is 15.5 Å². The number of rotatable bonds is 8. The van der Waals surface area contributed by atoms with E-state index in [-0.39, 0.29) is 24.0 Å². The molecule has 0 aromatic carbocycles. The fourth-order valence-electron chi connectivity index (χ4n) is 2.92. The summed E-state index contributed by atoms with van der Waals surface area (Å²) >= 11 is 2.05. The largest absolute Gasteiger partial charge is 0.357 e. The third-order valence-corrected chi connectivity index (χ3v) is 5.23. The second kappa shape index (κ2) is 13.6. The first-order chi connectivity index (χ1) is 10.5. The van der Waals surface area contributed by atoms with E-state index in [2.05, 4.69) is 50.2 Å². The Morgan fingerprint density at radius 3 is 2.48 bits per heavy atom. The summed E-state index contributed by atoms with van der Waals surface area (Å²) in [7, 11) is 0. The average molecular weight is 456 g/mol. The summed E-state index contributed by atoms with van der Waals surface area (Å²) in [6, 6.07) is 1.79. The summed E-state index contributed by atoms with van der Waals surface area (Å²) in [4.78, 5) is 7.29. The van der Waals surface area contributed by atoms with E-state index in [0.29, 0.717) is 18.1 Å². The molecule has 1 fully saturated rings. The zero-order valence-corrected chi connectivity index (χ0v) is 18.7. The highest BCUT2D eigenvalue weighted by atomic mass is 127. The Balaban J connectivity index is 0.00000484. The molecule has 0 aromatic rings. The van der Waals surface area contributed by atoms with Gasteiger partial charge in [-0.25, -0.2) is 0 Å². The van der Waals surface area contributed by atoms with Crippen molar-refractivity contribution in [3.8, 4) is 0 Å². The summed E-state index contributed by atoms with van der Waals surface area (Å²) in [6.45, 7) is 14.2. The Labute approximate surface area is 165 Å². The highest BCUT2D eigenvalue weighted by Crippen LogP contribution is 2.16. The van der Waals surface area contributed by atoms with Crippen molar-refractivity contribution in [3.63, 3.8) is 0 Å². The second-order valence-electron chi connectivity index (χ2n) is 6.60. The zero-order chi connectivity index (χ0) is 16.4. The first kappa shape index (κ1) is 23.3. The predicted molar refractivity (Wildman–Crippen MR) is 116 cm³/mol. The minimum absolute atomic E-state index is 0. The minimum Gasteiger partial charge on any atom is -0.357 e. The SMILES string of the molecule is CCNC(=NCCCN(C(C)C)C(C)C)NC1CCCSC1.I. The normalized spacial score (nSPS) is 19.1. The maximum Gasteiger partial charge on any atom is 0.191 e.